The number of hydrogen-bond donors (Lipinski definition) is 1. The maximum atomic E-state index is 14.1. The lowest BCUT2D eigenvalue weighted by molar-refractivity contribution is 0.555. The van der Waals surface area contributed by atoms with Gasteiger partial charge in [-0.3, -0.25) is 0 Å². The van der Waals surface area contributed by atoms with Gasteiger partial charge < -0.3 is 5.32 Å². The van der Waals surface area contributed by atoms with E-state index in [1.54, 1.807) is 0 Å². The van der Waals surface area contributed by atoms with Crippen LogP contribution in [-0.4, -0.2) is 18.5 Å². The minimum absolute atomic E-state index is 0.147. The number of alkyl halides is 1. The molecule has 0 radical (unpaired) electrons. The number of allylic oxidation sites excluding steroid dienone is 10. The van der Waals surface area contributed by atoms with Crippen molar-refractivity contribution in [1.82, 2.24) is 5.32 Å². The highest BCUT2D eigenvalue weighted by atomic mass is 35.5. The number of nitrogens with one attached hydrogen (secondary N) is 1. The van der Waals surface area contributed by atoms with E-state index in [1.165, 1.54) is 43.8 Å². The fraction of sp³-hybridized carbons (Fsp3) is 0.560. The van der Waals surface area contributed by atoms with E-state index < -0.39 is 5.83 Å². The van der Waals surface area contributed by atoms with Gasteiger partial charge in [0.25, 0.3) is 0 Å². The van der Waals surface area contributed by atoms with Crippen molar-refractivity contribution >= 4 is 11.6 Å². The molecule has 0 saturated heterocycles. The Morgan fingerprint density at radius 2 is 1.93 bits per heavy atom. The third-order valence-electron chi connectivity index (χ3n) is 6.14. The van der Waals surface area contributed by atoms with Gasteiger partial charge >= 0.3 is 0 Å². The Labute approximate surface area is 179 Å². The average molecular weight is 415 g/mol. The summed E-state index contributed by atoms with van der Waals surface area (Å²) in [6.45, 7) is 2.24. The number of halogens is 2. The maximum Gasteiger partial charge on any atom is 0.137 e. The van der Waals surface area contributed by atoms with Crippen molar-refractivity contribution in [3.63, 3.8) is 0 Å². The number of rotatable bonds is 3. The molecule has 0 aromatic carbocycles. The number of nitriles is 1. The van der Waals surface area contributed by atoms with Crippen LogP contribution in [-0.2, 0) is 0 Å². The molecule has 1 N–H and O–H groups in total. The average Bonchev–Trinajstić information content (AvgIpc) is 2.71. The lowest BCUT2D eigenvalue weighted by atomic mass is 9.81. The Kier molecular flexibility index (Phi) is 8.77. The summed E-state index contributed by atoms with van der Waals surface area (Å²) < 4.78 is 14.1. The molecule has 0 amide bonds. The van der Waals surface area contributed by atoms with Gasteiger partial charge in [-0.2, -0.15) is 5.26 Å². The smallest absolute Gasteiger partial charge is 0.137 e. The second kappa shape index (κ2) is 11.5. The molecule has 1 aliphatic heterocycles. The van der Waals surface area contributed by atoms with E-state index in [-0.39, 0.29) is 16.9 Å². The first-order valence-corrected chi connectivity index (χ1v) is 11.5. The molecule has 29 heavy (non-hydrogen) atoms. The summed E-state index contributed by atoms with van der Waals surface area (Å²) in [4.78, 5) is 0. The molecule has 2 nitrogen and oxygen atoms in total. The summed E-state index contributed by atoms with van der Waals surface area (Å²) in [6, 6.07) is 1.96. The van der Waals surface area contributed by atoms with Crippen LogP contribution in [0.15, 0.2) is 58.5 Å². The molecule has 3 rings (SSSR count). The van der Waals surface area contributed by atoms with E-state index in [9.17, 15) is 4.39 Å². The standard InChI is InChI=1S/C25H32ClFN2/c26-25-21(16-19-8-3-1-2-5-14-29-15-6-4-9-19)10-7-11-23(25)20-12-13-22(18-28)24(27)17-20/h7,9-11,17,21,25,29H,1-6,8,12-16H2/b19-9-. The van der Waals surface area contributed by atoms with Crippen LogP contribution in [0.5, 0.6) is 0 Å². The molecule has 1 heterocycles. The highest BCUT2D eigenvalue weighted by Crippen LogP contribution is 2.38. The quantitative estimate of drug-likeness (QED) is 0.406. The Balaban J connectivity index is 1.66. The molecule has 3 aliphatic rings. The van der Waals surface area contributed by atoms with E-state index in [2.05, 4.69) is 23.5 Å². The van der Waals surface area contributed by atoms with E-state index in [0.717, 1.165) is 43.5 Å². The summed E-state index contributed by atoms with van der Waals surface area (Å²) >= 11 is 6.90. The SMILES string of the molecule is N#CC1=C(F)C=C(C2=CC=CC(C/C3=C\CCCNCCCCCC3)C2Cl)CC1. The van der Waals surface area contributed by atoms with Crippen molar-refractivity contribution in [3.05, 3.63) is 58.5 Å². The van der Waals surface area contributed by atoms with Crippen molar-refractivity contribution in [2.45, 2.75) is 69.6 Å². The van der Waals surface area contributed by atoms with Gasteiger partial charge in [-0.1, -0.05) is 42.7 Å². The normalized spacial score (nSPS) is 28.9. The van der Waals surface area contributed by atoms with Crippen LogP contribution in [0, 0.1) is 17.2 Å². The predicted octanol–water partition coefficient (Wildman–Crippen LogP) is 6.82. The minimum atomic E-state index is -0.403. The van der Waals surface area contributed by atoms with E-state index in [4.69, 9.17) is 16.9 Å². The Morgan fingerprint density at radius 1 is 1.10 bits per heavy atom. The topological polar surface area (TPSA) is 35.8 Å². The van der Waals surface area contributed by atoms with E-state index >= 15 is 0 Å². The van der Waals surface area contributed by atoms with Gasteiger partial charge in [-0.25, -0.2) is 4.39 Å². The van der Waals surface area contributed by atoms with E-state index in [1.807, 2.05) is 12.1 Å². The molecular formula is C25H32ClFN2. The predicted molar refractivity (Wildman–Crippen MR) is 119 cm³/mol. The Bertz CT molecular complexity index is 766. The monoisotopic (exact) mass is 414 g/mol. The van der Waals surface area contributed by atoms with Crippen molar-refractivity contribution in [1.29, 1.82) is 5.26 Å². The summed E-state index contributed by atoms with van der Waals surface area (Å²) in [5.74, 6) is -0.167. The van der Waals surface area contributed by atoms with Crippen molar-refractivity contribution in [2.24, 2.45) is 5.92 Å². The fourth-order valence-electron chi connectivity index (χ4n) is 4.41. The largest absolute Gasteiger partial charge is 0.317 e. The molecule has 2 aliphatic carbocycles. The zero-order valence-electron chi connectivity index (χ0n) is 17.2. The molecule has 4 heteroatoms. The van der Waals surface area contributed by atoms with Crippen LogP contribution >= 0.6 is 11.6 Å². The van der Waals surface area contributed by atoms with Crippen molar-refractivity contribution in [3.8, 4) is 6.07 Å². The van der Waals surface area contributed by atoms with Gasteiger partial charge in [-0.15, -0.1) is 11.6 Å². The van der Waals surface area contributed by atoms with Gasteiger partial charge in [0.2, 0.25) is 0 Å². The minimum Gasteiger partial charge on any atom is -0.317 e. The zero-order chi connectivity index (χ0) is 20.5. The molecule has 2 atom stereocenters. The van der Waals surface area contributed by atoms with Crippen LogP contribution in [0.1, 0.15) is 64.2 Å². The first kappa shape index (κ1) is 22.1. The Morgan fingerprint density at radius 3 is 2.76 bits per heavy atom. The molecular weight excluding hydrogens is 383 g/mol. The van der Waals surface area contributed by atoms with Gasteiger partial charge in [0.05, 0.1) is 17.0 Å². The van der Waals surface area contributed by atoms with Crippen LogP contribution in [0.4, 0.5) is 4.39 Å². The third-order valence-corrected chi connectivity index (χ3v) is 6.70. The van der Waals surface area contributed by atoms with Gasteiger partial charge in [0.1, 0.15) is 5.83 Å². The molecule has 0 aromatic rings. The van der Waals surface area contributed by atoms with Crippen molar-refractivity contribution < 1.29 is 4.39 Å². The highest BCUT2D eigenvalue weighted by Gasteiger charge is 2.27. The molecule has 0 saturated carbocycles. The fourth-order valence-corrected chi connectivity index (χ4v) is 4.80. The molecule has 0 bridgehead atoms. The molecule has 0 aromatic heterocycles. The maximum absolute atomic E-state index is 14.1. The lowest BCUT2D eigenvalue weighted by Crippen LogP contribution is -2.21. The number of hydrogen-bond acceptors (Lipinski definition) is 2. The van der Waals surface area contributed by atoms with Gasteiger partial charge in [0, 0.05) is 5.92 Å². The second-order valence-electron chi connectivity index (χ2n) is 8.30. The first-order chi connectivity index (χ1) is 14.2. The second-order valence-corrected chi connectivity index (χ2v) is 8.77. The van der Waals surface area contributed by atoms with Gasteiger partial charge in [-0.05, 0) is 81.7 Å². The summed E-state index contributed by atoms with van der Waals surface area (Å²) in [6.07, 6.45) is 20.9. The van der Waals surface area contributed by atoms with Crippen LogP contribution in [0.25, 0.3) is 0 Å². The number of nitrogens with zero attached hydrogens (tertiary/aromatic N) is 1. The van der Waals surface area contributed by atoms with Crippen LogP contribution in [0.2, 0.25) is 0 Å². The molecule has 2 unspecified atom stereocenters. The van der Waals surface area contributed by atoms with Crippen LogP contribution < -0.4 is 5.32 Å². The molecule has 156 valence electrons. The summed E-state index contributed by atoms with van der Waals surface area (Å²) in [5.41, 5.74) is 3.72. The third kappa shape index (κ3) is 6.43. The zero-order valence-corrected chi connectivity index (χ0v) is 18.0. The summed E-state index contributed by atoms with van der Waals surface area (Å²) in [5, 5.41) is 12.4. The first-order valence-electron chi connectivity index (χ1n) is 11.1. The van der Waals surface area contributed by atoms with Crippen molar-refractivity contribution in [2.75, 3.05) is 13.1 Å². The Hall–Kier alpha value is -1.63. The highest BCUT2D eigenvalue weighted by molar-refractivity contribution is 6.23. The van der Waals surface area contributed by atoms with Crippen LogP contribution in [0.3, 0.4) is 0 Å². The molecule has 0 fully saturated rings. The summed E-state index contributed by atoms with van der Waals surface area (Å²) in [7, 11) is 0. The lowest BCUT2D eigenvalue weighted by Gasteiger charge is -2.28. The molecule has 0 spiro atoms. The van der Waals surface area contributed by atoms with E-state index in [0.29, 0.717) is 12.8 Å². The van der Waals surface area contributed by atoms with Gasteiger partial charge in [0.15, 0.2) is 0 Å².